The Balaban J connectivity index is 1.98. The van der Waals surface area contributed by atoms with Crippen LogP contribution in [0.25, 0.3) is 10.9 Å². The lowest BCUT2D eigenvalue weighted by Crippen LogP contribution is -2.13. The Bertz CT molecular complexity index is 442. The third kappa shape index (κ3) is 2.48. The molecule has 0 aliphatic rings. The first-order valence-electron chi connectivity index (χ1n) is 5.28. The van der Waals surface area contributed by atoms with E-state index in [4.69, 9.17) is 0 Å². The Morgan fingerprint density at radius 1 is 1.33 bits per heavy atom. The second-order valence-electron chi connectivity index (χ2n) is 3.65. The van der Waals surface area contributed by atoms with Crippen molar-refractivity contribution in [1.29, 1.82) is 0 Å². The summed E-state index contributed by atoms with van der Waals surface area (Å²) in [7, 11) is 0. The van der Waals surface area contributed by atoms with E-state index in [0.717, 1.165) is 19.5 Å². The van der Waals surface area contributed by atoms with Gasteiger partial charge in [0.25, 0.3) is 0 Å². The summed E-state index contributed by atoms with van der Waals surface area (Å²) in [6, 6.07) is 8.59. The Hall–Kier alpha value is -1.54. The highest BCUT2D eigenvalue weighted by atomic mass is 14.8. The zero-order chi connectivity index (χ0) is 10.5. The lowest BCUT2D eigenvalue weighted by molar-refractivity contribution is 0.696. The molecule has 0 saturated carbocycles. The van der Waals surface area contributed by atoms with Gasteiger partial charge in [0, 0.05) is 18.3 Å². The first-order chi connectivity index (χ1) is 7.40. The van der Waals surface area contributed by atoms with Crippen molar-refractivity contribution in [3.05, 3.63) is 48.7 Å². The van der Waals surface area contributed by atoms with Crippen LogP contribution in [0.15, 0.2) is 43.1 Å². The summed E-state index contributed by atoms with van der Waals surface area (Å²) in [5.74, 6) is 0. The molecule has 0 atom stereocenters. The van der Waals surface area contributed by atoms with E-state index in [-0.39, 0.29) is 0 Å². The Kier molecular flexibility index (Phi) is 3.20. The molecule has 0 fully saturated rings. The summed E-state index contributed by atoms with van der Waals surface area (Å²) in [4.78, 5) is 3.19. The molecule has 2 heteroatoms. The fourth-order valence-corrected chi connectivity index (χ4v) is 1.65. The third-order valence-electron chi connectivity index (χ3n) is 2.47. The van der Waals surface area contributed by atoms with Gasteiger partial charge in [-0.15, -0.1) is 6.58 Å². The van der Waals surface area contributed by atoms with E-state index < -0.39 is 0 Å². The average molecular weight is 200 g/mol. The van der Waals surface area contributed by atoms with Crippen molar-refractivity contribution in [2.24, 2.45) is 0 Å². The van der Waals surface area contributed by atoms with Gasteiger partial charge in [-0.3, -0.25) is 0 Å². The van der Waals surface area contributed by atoms with Gasteiger partial charge in [-0.2, -0.15) is 0 Å². The molecule has 2 rings (SSSR count). The molecular weight excluding hydrogens is 184 g/mol. The van der Waals surface area contributed by atoms with Gasteiger partial charge in [0.1, 0.15) is 0 Å². The number of fused-ring (bicyclic) bond motifs is 1. The van der Waals surface area contributed by atoms with Crippen LogP contribution in [-0.4, -0.2) is 11.5 Å². The molecule has 0 aliphatic heterocycles. The molecule has 2 nitrogen and oxygen atoms in total. The van der Waals surface area contributed by atoms with E-state index in [1.165, 1.54) is 16.5 Å². The highest BCUT2D eigenvalue weighted by molar-refractivity contribution is 5.79. The monoisotopic (exact) mass is 200 g/mol. The van der Waals surface area contributed by atoms with Crippen molar-refractivity contribution in [1.82, 2.24) is 10.3 Å². The molecule has 2 aromatic rings. The maximum Gasteiger partial charge on any atom is 0.0454 e. The lowest BCUT2D eigenvalue weighted by atomic mass is 10.1. The van der Waals surface area contributed by atoms with E-state index >= 15 is 0 Å². The summed E-state index contributed by atoms with van der Waals surface area (Å²) >= 11 is 0. The normalized spacial score (nSPS) is 10.7. The summed E-state index contributed by atoms with van der Waals surface area (Å²) in [5.41, 5.74) is 2.52. The van der Waals surface area contributed by atoms with E-state index in [0.29, 0.717) is 0 Å². The topological polar surface area (TPSA) is 27.8 Å². The van der Waals surface area contributed by atoms with Crippen molar-refractivity contribution in [2.75, 3.05) is 6.54 Å². The van der Waals surface area contributed by atoms with E-state index in [2.05, 4.69) is 41.1 Å². The molecule has 0 spiro atoms. The second kappa shape index (κ2) is 4.80. The Morgan fingerprint density at radius 2 is 2.27 bits per heavy atom. The molecule has 2 N–H and O–H groups in total. The van der Waals surface area contributed by atoms with Gasteiger partial charge < -0.3 is 10.3 Å². The van der Waals surface area contributed by atoms with Gasteiger partial charge in [0.2, 0.25) is 0 Å². The molecule has 1 aromatic carbocycles. The largest absolute Gasteiger partial charge is 0.361 e. The SMILES string of the molecule is C=CCCNCc1ccc2[nH]ccc2c1. The van der Waals surface area contributed by atoms with Crippen LogP contribution < -0.4 is 5.32 Å². The molecule has 0 bridgehead atoms. The van der Waals surface area contributed by atoms with Gasteiger partial charge in [0.15, 0.2) is 0 Å². The van der Waals surface area contributed by atoms with Crippen LogP contribution >= 0.6 is 0 Å². The van der Waals surface area contributed by atoms with Crippen LogP contribution in [0.5, 0.6) is 0 Å². The van der Waals surface area contributed by atoms with Crippen molar-refractivity contribution < 1.29 is 0 Å². The molecule has 0 amide bonds. The molecule has 15 heavy (non-hydrogen) atoms. The molecule has 0 unspecified atom stereocenters. The van der Waals surface area contributed by atoms with Crippen LogP contribution in [0.3, 0.4) is 0 Å². The van der Waals surface area contributed by atoms with Crippen LogP contribution in [0, 0.1) is 0 Å². The van der Waals surface area contributed by atoms with Crippen LogP contribution in [0.4, 0.5) is 0 Å². The van der Waals surface area contributed by atoms with Gasteiger partial charge in [-0.05, 0) is 42.1 Å². The highest BCUT2D eigenvalue weighted by Crippen LogP contribution is 2.13. The number of hydrogen-bond acceptors (Lipinski definition) is 1. The summed E-state index contributed by atoms with van der Waals surface area (Å²) in [5, 5.41) is 4.65. The standard InChI is InChI=1S/C13H16N2/c1-2-3-7-14-10-11-4-5-13-12(9-11)6-8-15-13/h2,4-6,8-9,14-15H,1,3,7,10H2. The summed E-state index contributed by atoms with van der Waals surface area (Å²) < 4.78 is 0. The van der Waals surface area contributed by atoms with E-state index in [1.54, 1.807) is 0 Å². The minimum atomic E-state index is 0.926. The van der Waals surface area contributed by atoms with Crippen LogP contribution in [-0.2, 0) is 6.54 Å². The molecule has 0 radical (unpaired) electrons. The predicted molar refractivity (Wildman–Crippen MR) is 64.8 cm³/mol. The van der Waals surface area contributed by atoms with Gasteiger partial charge >= 0.3 is 0 Å². The number of aromatic nitrogens is 1. The third-order valence-corrected chi connectivity index (χ3v) is 2.47. The Morgan fingerprint density at radius 3 is 3.13 bits per heavy atom. The fourth-order valence-electron chi connectivity index (χ4n) is 1.65. The first kappa shape index (κ1) is 9.99. The van der Waals surface area contributed by atoms with Gasteiger partial charge in [-0.1, -0.05) is 12.1 Å². The smallest absolute Gasteiger partial charge is 0.0454 e. The summed E-state index contributed by atoms with van der Waals surface area (Å²) in [6.07, 6.45) is 4.92. The summed E-state index contributed by atoms with van der Waals surface area (Å²) in [6.45, 7) is 5.62. The average Bonchev–Trinajstić information content (AvgIpc) is 2.71. The zero-order valence-electron chi connectivity index (χ0n) is 8.79. The van der Waals surface area contributed by atoms with Crippen molar-refractivity contribution in [2.45, 2.75) is 13.0 Å². The quantitative estimate of drug-likeness (QED) is 0.563. The number of hydrogen-bond donors (Lipinski definition) is 2. The number of benzene rings is 1. The number of rotatable bonds is 5. The number of H-pyrrole nitrogens is 1. The highest BCUT2D eigenvalue weighted by Gasteiger charge is 1.96. The van der Waals surface area contributed by atoms with Crippen LogP contribution in [0.2, 0.25) is 0 Å². The fraction of sp³-hybridized carbons (Fsp3) is 0.231. The minimum Gasteiger partial charge on any atom is -0.361 e. The molecule has 1 heterocycles. The van der Waals surface area contributed by atoms with E-state index in [1.807, 2.05) is 12.3 Å². The van der Waals surface area contributed by atoms with Crippen molar-refractivity contribution >= 4 is 10.9 Å². The molecule has 0 aliphatic carbocycles. The van der Waals surface area contributed by atoms with Crippen molar-refractivity contribution in [3.8, 4) is 0 Å². The lowest BCUT2D eigenvalue weighted by Gasteiger charge is -2.03. The minimum absolute atomic E-state index is 0.926. The maximum atomic E-state index is 3.70. The molecular formula is C13H16N2. The first-order valence-corrected chi connectivity index (χ1v) is 5.28. The van der Waals surface area contributed by atoms with Crippen molar-refractivity contribution in [3.63, 3.8) is 0 Å². The van der Waals surface area contributed by atoms with E-state index in [9.17, 15) is 0 Å². The molecule has 0 saturated heterocycles. The maximum absolute atomic E-state index is 3.70. The molecule has 1 aromatic heterocycles. The van der Waals surface area contributed by atoms with Crippen LogP contribution in [0.1, 0.15) is 12.0 Å². The Labute approximate surface area is 90.0 Å². The second-order valence-corrected chi connectivity index (χ2v) is 3.65. The predicted octanol–water partition coefficient (Wildman–Crippen LogP) is 2.83. The molecule has 78 valence electrons. The number of aromatic amines is 1. The number of nitrogens with one attached hydrogen (secondary N) is 2. The van der Waals surface area contributed by atoms with Gasteiger partial charge in [0.05, 0.1) is 0 Å². The van der Waals surface area contributed by atoms with Gasteiger partial charge in [-0.25, -0.2) is 0 Å². The zero-order valence-corrected chi connectivity index (χ0v) is 8.79.